The van der Waals surface area contributed by atoms with Crippen molar-refractivity contribution in [3.05, 3.63) is 30.3 Å². The van der Waals surface area contributed by atoms with E-state index in [-0.39, 0.29) is 0 Å². The quantitative estimate of drug-likeness (QED) is 0.530. The van der Waals surface area contributed by atoms with Crippen molar-refractivity contribution >= 4 is 11.9 Å². The molecule has 0 N–H and O–H groups in total. The SMILES string of the molecule is CN(C)SCCCOc1ccccc1. The first-order chi connectivity index (χ1) is 6.79. The minimum atomic E-state index is 0.796. The van der Waals surface area contributed by atoms with E-state index >= 15 is 0 Å². The van der Waals surface area contributed by atoms with E-state index in [0.29, 0.717) is 0 Å². The fourth-order valence-electron chi connectivity index (χ4n) is 1.01. The van der Waals surface area contributed by atoms with Crippen molar-refractivity contribution in [2.24, 2.45) is 0 Å². The lowest BCUT2D eigenvalue weighted by atomic mass is 10.3. The monoisotopic (exact) mass is 211 g/mol. The van der Waals surface area contributed by atoms with Crippen LogP contribution in [0.25, 0.3) is 0 Å². The number of hydrogen-bond donors (Lipinski definition) is 0. The molecule has 0 saturated carbocycles. The molecule has 1 aromatic carbocycles. The highest BCUT2D eigenvalue weighted by Gasteiger charge is 1.93. The summed E-state index contributed by atoms with van der Waals surface area (Å²) in [6.07, 6.45) is 1.08. The number of hydrogen-bond acceptors (Lipinski definition) is 3. The molecule has 0 aromatic heterocycles. The maximum atomic E-state index is 5.56. The average Bonchev–Trinajstić information content (AvgIpc) is 2.18. The molecule has 0 saturated heterocycles. The van der Waals surface area contributed by atoms with Crippen LogP contribution in [0.1, 0.15) is 6.42 Å². The molecule has 0 heterocycles. The normalized spacial score (nSPS) is 10.5. The van der Waals surface area contributed by atoms with Gasteiger partial charge < -0.3 is 4.74 Å². The van der Waals surface area contributed by atoms with Gasteiger partial charge in [0.15, 0.2) is 0 Å². The van der Waals surface area contributed by atoms with E-state index in [0.717, 1.165) is 24.5 Å². The van der Waals surface area contributed by atoms with E-state index in [1.807, 2.05) is 42.3 Å². The minimum absolute atomic E-state index is 0.796. The number of ether oxygens (including phenoxy) is 1. The van der Waals surface area contributed by atoms with E-state index in [9.17, 15) is 0 Å². The highest BCUT2D eigenvalue weighted by molar-refractivity contribution is 7.96. The van der Waals surface area contributed by atoms with Gasteiger partial charge in [-0.05, 0) is 32.6 Å². The van der Waals surface area contributed by atoms with Crippen LogP contribution in [0, 0.1) is 0 Å². The molecular formula is C11H17NOS. The molecule has 0 amide bonds. The number of nitrogens with zero attached hydrogens (tertiary/aromatic N) is 1. The van der Waals surface area contributed by atoms with E-state index in [2.05, 4.69) is 18.4 Å². The second-order valence-electron chi connectivity index (χ2n) is 3.16. The first-order valence-corrected chi connectivity index (χ1v) is 5.71. The van der Waals surface area contributed by atoms with E-state index in [1.165, 1.54) is 0 Å². The maximum Gasteiger partial charge on any atom is 0.119 e. The molecule has 0 aliphatic rings. The summed E-state index contributed by atoms with van der Waals surface area (Å²) in [4.78, 5) is 0. The van der Waals surface area contributed by atoms with Gasteiger partial charge in [0, 0.05) is 5.75 Å². The number of rotatable bonds is 6. The van der Waals surface area contributed by atoms with Gasteiger partial charge >= 0.3 is 0 Å². The molecule has 78 valence electrons. The van der Waals surface area contributed by atoms with Gasteiger partial charge in [0.25, 0.3) is 0 Å². The van der Waals surface area contributed by atoms with Crippen molar-refractivity contribution in [2.45, 2.75) is 6.42 Å². The zero-order valence-electron chi connectivity index (χ0n) is 8.77. The van der Waals surface area contributed by atoms with Crippen LogP contribution in [0.5, 0.6) is 5.75 Å². The van der Waals surface area contributed by atoms with E-state index in [1.54, 1.807) is 0 Å². The number of benzene rings is 1. The molecule has 2 nitrogen and oxygen atoms in total. The summed E-state index contributed by atoms with van der Waals surface area (Å²) in [7, 11) is 4.12. The standard InChI is InChI=1S/C11H17NOS/c1-12(2)14-10-6-9-13-11-7-4-3-5-8-11/h3-5,7-8H,6,9-10H2,1-2H3. The zero-order chi connectivity index (χ0) is 10.2. The van der Waals surface area contributed by atoms with Gasteiger partial charge in [-0.1, -0.05) is 30.1 Å². The highest BCUT2D eigenvalue weighted by atomic mass is 32.2. The molecule has 1 aromatic rings. The Morgan fingerprint density at radius 1 is 1.21 bits per heavy atom. The first-order valence-electron chi connectivity index (χ1n) is 4.77. The summed E-state index contributed by atoms with van der Waals surface area (Å²) in [5.41, 5.74) is 0. The molecule has 0 bridgehead atoms. The van der Waals surface area contributed by atoms with Gasteiger partial charge in [-0.15, -0.1) is 0 Å². The Morgan fingerprint density at radius 3 is 2.57 bits per heavy atom. The fraction of sp³-hybridized carbons (Fsp3) is 0.455. The highest BCUT2D eigenvalue weighted by Crippen LogP contribution is 2.10. The van der Waals surface area contributed by atoms with Gasteiger partial charge in [0.05, 0.1) is 6.61 Å². The molecule has 0 radical (unpaired) electrons. The lowest BCUT2D eigenvalue weighted by Crippen LogP contribution is -2.04. The van der Waals surface area contributed by atoms with Crippen LogP contribution in [0.3, 0.4) is 0 Å². The summed E-state index contributed by atoms with van der Waals surface area (Å²) < 4.78 is 7.67. The van der Waals surface area contributed by atoms with Crippen molar-refractivity contribution in [3.63, 3.8) is 0 Å². The summed E-state index contributed by atoms with van der Waals surface area (Å²) in [6, 6.07) is 9.95. The molecular weight excluding hydrogens is 194 g/mol. The second kappa shape index (κ2) is 6.74. The average molecular weight is 211 g/mol. The van der Waals surface area contributed by atoms with E-state index < -0.39 is 0 Å². The Bertz CT molecular complexity index is 238. The Morgan fingerprint density at radius 2 is 1.93 bits per heavy atom. The summed E-state index contributed by atoms with van der Waals surface area (Å²) >= 11 is 1.82. The predicted molar refractivity (Wildman–Crippen MR) is 62.7 cm³/mol. The molecule has 0 aliphatic heterocycles. The summed E-state index contributed by atoms with van der Waals surface area (Å²) in [6.45, 7) is 0.796. The largest absolute Gasteiger partial charge is 0.494 e. The molecule has 0 aliphatic carbocycles. The molecule has 3 heteroatoms. The Hall–Kier alpha value is -0.670. The van der Waals surface area contributed by atoms with Crippen LogP contribution >= 0.6 is 11.9 Å². The molecule has 1 rings (SSSR count). The fourth-order valence-corrected chi connectivity index (χ4v) is 1.62. The predicted octanol–water partition coefficient (Wildman–Crippen LogP) is 2.67. The minimum Gasteiger partial charge on any atom is -0.494 e. The van der Waals surface area contributed by atoms with Gasteiger partial charge in [0.2, 0.25) is 0 Å². The smallest absolute Gasteiger partial charge is 0.119 e. The molecule has 0 atom stereocenters. The second-order valence-corrected chi connectivity index (χ2v) is 4.56. The lowest BCUT2D eigenvalue weighted by Gasteiger charge is -2.08. The number of para-hydroxylation sites is 1. The maximum absolute atomic E-state index is 5.56. The van der Waals surface area contributed by atoms with Crippen molar-refractivity contribution < 1.29 is 4.74 Å². The van der Waals surface area contributed by atoms with Gasteiger partial charge in [0.1, 0.15) is 5.75 Å². The van der Waals surface area contributed by atoms with Crippen LogP contribution in [0.4, 0.5) is 0 Å². The lowest BCUT2D eigenvalue weighted by molar-refractivity contribution is 0.318. The van der Waals surface area contributed by atoms with Crippen LogP contribution in [0.2, 0.25) is 0 Å². The van der Waals surface area contributed by atoms with Crippen molar-refractivity contribution in [1.29, 1.82) is 0 Å². The summed E-state index contributed by atoms with van der Waals surface area (Å²) in [5, 5.41) is 0. The molecule has 0 fully saturated rings. The summed E-state index contributed by atoms with van der Waals surface area (Å²) in [5.74, 6) is 2.07. The van der Waals surface area contributed by atoms with Gasteiger partial charge in [-0.3, -0.25) is 4.31 Å². The molecule has 14 heavy (non-hydrogen) atoms. The Kier molecular flexibility index (Phi) is 5.49. The van der Waals surface area contributed by atoms with Crippen molar-refractivity contribution in [2.75, 3.05) is 26.5 Å². The Balaban J connectivity index is 2.05. The third kappa shape index (κ3) is 5.14. The third-order valence-corrected chi connectivity index (χ3v) is 2.64. The van der Waals surface area contributed by atoms with Crippen LogP contribution < -0.4 is 4.74 Å². The Labute approximate surface area is 90.4 Å². The molecule has 0 unspecified atom stereocenters. The van der Waals surface area contributed by atoms with Gasteiger partial charge in [-0.25, -0.2) is 0 Å². The zero-order valence-corrected chi connectivity index (χ0v) is 9.59. The topological polar surface area (TPSA) is 12.5 Å². The third-order valence-electron chi connectivity index (χ3n) is 1.65. The van der Waals surface area contributed by atoms with Crippen molar-refractivity contribution in [3.8, 4) is 5.75 Å². The first kappa shape index (κ1) is 11.4. The van der Waals surface area contributed by atoms with Crippen LogP contribution in [-0.4, -0.2) is 30.8 Å². The van der Waals surface area contributed by atoms with E-state index in [4.69, 9.17) is 4.74 Å². The van der Waals surface area contributed by atoms with Crippen LogP contribution in [0.15, 0.2) is 30.3 Å². The van der Waals surface area contributed by atoms with Crippen molar-refractivity contribution in [1.82, 2.24) is 4.31 Å². The van der Waals surface area contributed by atoms with Crippen LogP contribution in [-0.2, 0) is 0 Å². The van der Waals surface area contributed by atoms with Gasteiger partial charge in [-0.2, -0.15) is 0 Å². The molecule has 0 spiro atoms.